The second-order valence-corrected chi connectivity index (χ2v) is 7.67. The van der Waals surface area contributed by atoms with Gasteiger partial charge in [0, 0.05) is 14.1 Å². The van der Waals surface area contributed by atoms with Gasteiger partial charge >= 0.3 is 0 Å². The van der Waals surface area contributed by atoms with E-state index in [1.54, 1.807) is 19.1 Å². The molecule has 0 aliphatic heterocycles. The van der Waals surface area contributed by atoms with Crippen molar-refractivity contribution < 1.29 is 12.8 Å². The first kappa shape index (κ1) is 16.4. The molecule has 0 saturated carbocycles. The van der Waals surface area contributed by atoms with E-state index in [4.69, 9.17) is 4.42 Å². The molecular weight excluding hydrogens is 330 g/mol. The summed E-state index contributed by atoms with van der Waals surface area (Å²) in [5, 5.41) is -0.148. The molecule has 7 nitrogen and oxygen atoms in total. The van der Waals surface area contributed by atoms with E-state index in [2.05, 4.69) is 4.98 Å². The van der Waals surface area contributed by atoms with Gasteiger partial charge in [-0.25, -0.2) is 17.7 Å². The quantitative estimate of drug-likeness (QED) is 0.715. The van der Waals surface area contributed by atoms with Crippen molar-refractivity contribution in [3.05, 3.63) is 58.2 Å². The molecule has 0 radical (unpaired) electrons. The molecule has 0 unspecified atom stereocenters. The van der Waals surface area contributed by atoms with Crippen LogP contribution in [0.25, 0.3) is 11.0 Å². The van der Waals surface area contributed by atoms with Gasteiger partial charge in [0.1, 0.15) is 11.5 Å². The van der Waals surface area contributed by atoms with E-state index < -0.39 is 10.0 Å². The van der Waals surface area contributed by atoms with Crippen LogP contribution in [0.15, 0.2) is 50.7 Å². The van der Waals surface area contributed by atoms with Crippen molar-refractivity contribution in [3.8, 4) is 0 Å². The monoisotopic (exact) mass is 347 g/mol. The van der Waals surface area contributed by atoms with Gasteiger partial charge in [0.2, 0.25) is 5.09 Å². The van der Waals surface area contributed by atoms with E-state index in [0.717, 1.165) is 4.31 Å². The predicted molar refractivity (Wildman–Crippen MR) is 89.4 cm³/mol. The molecule has 0 atom stereocenters. The molecule has 24 heavy (non-hydrogen) atoms. The molecular formula is C16H17N3O4S. The predicted octanol–water partition coefficient (Wildman–Crippen LogP) is 1.60. The van der Waals surface area contributed by atoms with E-state index in [9.17, 15) is 13.2 Å². The lowest BCUT2D eigenvalue weighted by molar-refractivity contribution is 0.392. The summed E-state index contributed by atoms with van der Waals surface area (Å²) in [5.74, 6) is 0.383. The molecule has 0 fully saturated rings. The highest BCUT2D eigenvalue weighted by Crippen LogP contribution is 2.18. The van der Waals surface area contributed by atoms with E-state index in [-0.39, 0.29) is 17.2 Å². The van der Waals surface area contributed by atoms with Gasteiger partial charge in [-0.15, -0.1) is 0 Å². The van der Waals surface area contributed by atoms with Gasteiger partial charge in [-0.1, -0.05) is 12.1 Å². The van der Waals surface area contributed by atoms with Crippen LogP contribution < -0.4 is 5.56 Å². The Hall–Kier alpha value is -2.45. The number of hydrogen-bond acceptors (Lipinski definition) is 5. The van der Waals surface area contributed by atoms with Gasteiger partial charge in [-0.05, 0) is 31.2 Å². The molecule has 8 heteroatoms. The van der Waals surface area contributed by atoms with Crippen molar-refractivity contribution in [3.63, 3.8) is 0 Å². The summed E-state index contributed by atoms with van der Waals surface area (Å²) in [5.41, 5.74) is 1.51. The molecule has 0 spiro atoms. The molecule has 2 aromatic heterocycles. The lowest BCUT2D eigenvalue weighted by Gasteiger charge is -2.10. The second kappa shape index (κ2) is 5.88. The van der Waals surface area contributed by atoms with E-state index in [1.807, 2.05) is 18.2 Å². The zero-order valence-electron chi connectivity index (χ0n) is 13.6. The van der Waals surface area contributed by atoms with Crippen LogP contribution in [0.5, 0.6) is 0 Å². The van der Waals surface area contributed by atoms with Gasteiger partial charge in [0.25, 0.3) is 15.6 Å². The standard InChI is InChI=1S/C16H17N3O4S/c1-11-16(20)19(14-7-5-4-6-13(14)17-11)10-12-8-9-15(23-12)24(21,22)18(2)3/h4-9H,10H2,1-3H3. The highest BCUT2D eigenvalue weighted by molar-refractivity contribution is 7.88. The Morgan fingerprint density at radius 1 is 1.17 bits per heavy atom. The molecule has 2 heterocycles. The lowest BCUT2D eigenvalue weighted by atomic mass is 10.2. The van der Waals surface area contributed by atoms with Gasteiger partial charge < -0.3 is 4.42 Å². The highest BCUT2D eigenvalue weighted by Gasteiger charge is 2.22. The molecule has 0 aliphatic carbocycles. The minimum absolute atomic E-state index is 0.131. The van der Waals surface area contributed by atoms with Crippen molar-refractivity contribution in [1.29, 1.82) is 0 Å². The Labute approximate surface area is 139 Å². The van der Waals surface area contributed by atoms with Crippen molar-refractivity contribution in [2.45, 2.75) is 18.6 Å². The van der Waals surface area contributed by atoms with Crippen LogP contribution in [-0.4, -0.2) is 36.4 Å². The summed E-state index contributed by atoms with van der Waals surface area (Å²) in [6.07, 6.45) is 0. The fourth-order valence-corrected chi connectivity index (χ4v) is 3.21. The van der Waals surface area contributed by atoms with Crippen molar-refractivity contribution >= 4 is 21.1 Å². The molecule has 0 saturated heterocycles. The third-order valence-corrected chi connectivity index (χ3v) is 5.39. The number of para-hydroxylation sites is 2. The summed E-state index contributed by atoms with van der Waals surface area (Å²) in [4.78, 5) is 16.7. The van der Waals surface area contributed by atoms with Crippen LogP contribution >= 0.6 is 0 Å². The van der Waals surface area contributed by atoms with Gasteiger partial charge in [-0.3, -0.25) is 9.36 Å². The molecule has 126 valence electrons. The number of nitrogens with zero attached hydrogens (tertiary/aromatic N) is 3. The SMILES string of the molecule is Cc1nc2ccccc2n(Cc2ccc(S(=O)(=O)N(C)C)o2)c1=O. The fraction of sp³-hybridized carbons (Fsp3) is 0.250. The maximum Gasteiger partial charge on any atom is 0.275 e. The summed E-state index contributed by atoms with van der Waals surface area (Å²) in [6.45, 7) is 1.78. The van der Waals surface area contributed by atoms with Crippen LogP contribution in [0, 0.1) is 6.92 Å². The maximum absolute atomic E-state index is 12.4. The number of furan rings is 1. The van der Waals surface area contributed by atoms with Crippen molar-refractivity contribution in [1.82, 2.24) is 13.9 Å². The van der Waals surface area contributed by atoms with Crippen LogP contribution in [-0.2, 0) is 16.6 Å². The number of aromatic nitrogens is 2. The summed E-state index contributed by atoms with van der Waals surface area (Å²) in [6, 6.07) is 10.2. The maximum atomic E-state index is 12.4. The highest BCUT2D eigenvalue weighted by atomic mass is 32.2. The summed E-state index contributed by atoms with van der Waals surface area (Å²) >= 11 is 0. The molecule has 0 bridgehead atoms. The minimum Gasteiger partial charge on any atom is -0.446 e. The van der Waals surface area contributed by atoms with Crippen LogP contribution in [0.2, 0.25) is 0 Å². The number of hydrogen-bond donors (Lipinski definition) is 0. The van der Waals surface area contributed by atoms with Gasteiger partial charge in [-0.2, -0.15) is 0 Å². The second-order valence-electron chi connectivity index (χ2n) is 5.59. The number of fused-ring (bicyclic) bond motifs is 1. The van der Waals surface area contributed by atoms with Crippen molar-refractivity contribution in [2.75, 3.05) is 14.1 Å². The Kier molecular flexibility index (Phi) is 4.02. The molecule has 3 rings (SSSR count). The Morgan fingerprint density at radius 3 is 2.58 bits per heavy atom. The largest absolute Gasteiger partial charge is 0.446 e. The molecule has 1 aromatic carbocycles. The molecule has 3 aromatic rings. The minimum atomic E-state index is -3.64. The van der Waals surface area contributed by atoms with Crippen molar-refractivity contribution in [2.24, 2.45) is 0 Å². The topological polar surface area (TPSA) is 85.4 Å². The zero-order valence-corrected chi connectivity index (χ0v) is 14.4. The average molecular weight is 347 g/mol. The normalized spacial score (nSPS) is 12.2. The number of rotatable bonds is 4. The number of aryl methyl sites for hydroxylation is 1. The first-order valence-electron chi connectivity index (χ1n) is 7.28. The molecule has 0 aliphatic rings. The summed E-state index contributed by atoms with van der Waals surface area (Å²) in [7, 11) is -0.778. The summed E-state index contributed by atoms with van der Waals surface area (Å²) < 4.78 is 32.2. The molecule has 0 N–H and O–H groups in total. The first-order chi connectivity index (χ1) is 11.3. The van der Waals surface area contributed by atoms with Crippen LogP contribution in [0.1, 0.15) is 11.5 Å². The Bertz CT molecular complexity index is 1060. The van der Waals surface area contributed by atoms with Crippen LogP contribution in [0.3, 0.4) is 0 Å². The third-order valence-electron chi connectivity index (χ3n) is 3.70. The Morgan fingerprint density at radius 2 is 1.88 bits per heavy atom. The lowest BCUT2D eigenvalue weighted by Crippen LogP contribution is -2.24. The fourth-order valence-electron chi connectivity index (χ4n) is 2.39. The van der Waals surface area contributed by atoms with Gasteiger partial charge in [0.05, 0.1) is 17.6 Å². The first-order valence-corrected chi connectivity index (χ1v) is 8.72. The molecule has 0 amide bonds. The number of benzene rings is 1. The third kappa shape index (κ3) is 2.74. The zero-order chi connectivity index (χ0) is 17.5. The Balaban J connectivity index is 2.07. The van der Waals surface area contributed by atoms with Crippen LogP contribution in [0.4, 0.5) is 0 Å². The smallest absolute Gasteiger partial charge is 0.275 e. The van der Waals surface area contributed by atoms with E-state index in [0.29, 0.717) is 22.5 Å². The van der Waals surface area contributed by atoms with E-state index >= 15 is 0 Å². The number of sulfonamides is 1. The van der Waals surface area contributed by atoms with Gasteiger partial charge in [0.15, 0.2) is 0 Å². The van der Waals surface area contributed by atoms with E-state index in [1.165, 1.54) is 24.7 Å². The average Bonchev–Trinajstić information content (AvgIpc) is 3.01.